The Labute approximate surface area is 218 Å². The second kappa shape index (κ2) is 22.7. The van der Waals surface area contributed by atoms with Gasteiger partial charge < -0.3 is 25.8 Å². The molecule has 208 valence electrons. The van der Waals surface area contributed by atoms with Gasteiger partial charge in [0.2, 0.25) is 5.91 Å². The van der Waals surface area contributed by atoms with Crippen LogP contribution in [0.3, 0.4) is 0 Å². The van der Waals surface area contributed by atoms with E-state index in [1.54, 1.807) is 13.8 Å². The van der Waals surface area contributed by atoms with Crippen molar-refractivity contribution < 1.29 is 33.0 Å². The lowest BCUT2D eigenvalue weighted by Crippen LogP contribution is -2.46. The number of aliphatic imine (C=N–C) groups is 1. The molecule has 1 rings (SSSR count). The smallest absolute Gasteiger partial charge is 0.328 e. The molecule has 2 amide bonds. The van der Waals surface area contributed by atoms with Gasteiger partial charge in [0.25, 0.3) is 12.4 Å². The summed E-state index contributed by atoms with van der Waals surface area (Å²) in [5.74, 6) is -2.05. The van der Waals surface area contributed by atoms with Crippen molar-refractivity contribution in [1.82, 2.24) is 10.6 Å². The summed E-state index contributed by atoms with van der Waals surface area (Å²) in [6, 6.07) is 4.61. The molecular weight excluding hydrogens is 483 g/mol. The normalized spacial score (nSPS) is 11.4. The minimum Gasteiger partial charge on any atom is -0.468 e. The van der Waals surface area contributed by atoms with Gasteiger partial charge >= 0.3 is 5.97 Å². The van der Waals surface area contributed by atoms with Crippen molar-refractivity contribution in [1.29, 1.82) is 0 Å². The van der Waals surface area contributed by atoms with Gasteiger partial charge in [-0.05, 0) is 51.5 Å². The molecule has 0 fully saturated rings. The quantitative estimate of drug-likeness (QED) is 0.164. The molecule has 1 aromatic rings. The van der Waals surface area contributed by atoms with Gasteiger partial charge in [-0.1, -0.05) is 33.6 Å². The van der Waals surface area contributed by atoms with E-state index >= 15 is 0 Å². The maximum atomic E-state index is 12.9. The predicted octanol–water partition coefficient (Wildman–Crippen LogP) is 3.32. The van der Waals surface area contributed by atoms with E-state index in [1.807, 2.05) is 6.92 Å². The van der Waals surface area contributed by atoms with Crippen molar-refractivity contribution in [3.63, 3.8) is 0 Å². The summed E-state index contributed by atoms with van der Waals surface area (Å²) in [6.45, 7) is 11.9. The molecule has 0 saturated heterocycles. The third-order valence-corrected chi connectivity index (χ3v) is 3.97. The number of ether oxygens (including phenoxy) is 2. The number of hydrogen-bond acceptors (Lipinski definition) is 8. The van der Waals surface area contributed by atoms with Gasteiger partial charge in [0.05, 0.1) is 31.0 Å². The molecular formula is C26H41FN4O6. The summed E-state index contributed by atoms with van der Waals surface area (Å²) in [7, 11) is 0. The number of rotatable bonds is 12. The Balaban J connectivity index is 0. The highest BCUT2D eigenvalue weighted by molar-refractivity contribution is 6.13. The fourth-order valence-corrected chi connectivity index (χ4v) is 2.36. The van der Waals surface area contributed by atoms with Crippen molar-refractivity contribution in [3.8, 4) is 0 Å². The van der Waals surface area contributed by atoms with E-state index in [9.17, 15) is 23.6 Å². The van der Waals surface area contributed by atoms with Crippen LogP contribution in [0.5, 0.6) is 0 Å². The number of hydrogen-bond donors (Lipinski definition) is 3. The van der Waals surface area contributed by atoms with Crippen molar-refractivity contribution in [2.45, 2.75) is 66.8 Å². The third-order valence-electron chi connectivity index (χ3n) is 3.97. The van der Waals surface area contributed by atoms with Crippen molar-refractivity contribution >= 4 is 36.2 Å². The van der Waals surface area contributed by atoms with Crippen LogP contribution in [0, 0.1) is 5.82 Å². The summed E-state index contributed by atoms with van der Waals surface area (Å²) in [5.41, 5.74) is 6.43. The molecule has 37 heavy (non-hydrogen) atoms. The van der Waals surface area contributed by atoms with Gasteiger partial charge in [0, 0.05) is 11.9 Å². The lowest BCUT2D eigenvalue weighted by molar-refractivity contribution is -0.147. The molecule has 1 aromatic carbocycles. The van der Waals surface area contributed by atoms with Crippen LogP contribution in [0.4, 0.5) is 10.1 Å². The van der Waals surface area contributed by atoms with E-state index < -0.39 is 29.6 Å². The molecule has 0 saturated carbocycles. The number of allylic oxidation sites excluding steroid dienone is 1. The second-order valence-electron chi connectivity index (χ2n) is 7.43. The van der Waals surface area contributed by atoms with E-state index in [2.05, 4.69) is 34.2 Å². The number of nitrogens with two attached hydrogens (primary N) is 1. The molecule has 0 aliphatic heterocycles. The lowest BCUT2D eigenvalue weighted by Gasteiger charge is -2.16. The van der Waals surface area contributed by atoms with Crippen LogP contribution in [0.15, 0.2) is 40.5 Å². The van der Waals surface area contributed by atoms with Crippen LogP contribution in [0.2, 0.25) is 0 Å². The number of nitrogens with zero attached hydrogens (tertiary/aromatic N) is 1. The van der Waals surface area contributed by atoms with Crippen LogP contribution >= 0.6 is 0 Å². The van der Waals surface area contributed by atoms with Gasteiger partial charge in [0.15, 0.2) is 0 Å². The summed E-state index contributed by atoms with van der Waals surface area (Å²) in [4.78, 5) is 49.6. The summed E-state index contributed by atoms with van der Waals surface area (Å²) in [5, 5.41) is 4.98. The zero-order valence-corrected chi connectivity index (χ0v) is 22.6. The predicted molar refractivity (Wildman–Crippen MR) is 142 cm³/mol. The number of nitrogens with one attached hydrogen (secondary N) is 2. The first kappa shape index (κ1) is 35.4. The van der Waals surface area contributed by atoms with Crippen LogP contribution < -0.4 is 16.4 Å². The summed E-state index contributed by atoms with van der Waals surface area (Å²) in [6.07, 6.45) is 3.60. The van der Waals surface area contributed by atoms with Gasteiger partial charge in [-0.25, -0.2) is 9.18 Å². The fraction of sp³-hybridized carbons (Fsp3) is 0.500. The maximum Gasteiger partial charge on any atom is 0.328 e. The van der Waals surface area contributed by atoms with E-state index in [0.717, 1.165) is 0 Å². The summed E-state index contributed by atoms with van der Waals surface area (Å²) >= 11 is 0. The van der Waals surface area contributed by atoms with Crippen LogP contribution in [-0.4, -0.2) is 56.3 Å². The van der Waals surface area contributed by atoms with Crippen molar-refractivity contribution in [2.75, 3.05) is 19.8 Å². The minimum atomic E-state index is -0.768. The first-order valence-electron chi connectivity index (χ1n) is 12.2. The Morgan fingerprint density at radius 3 is 2.11 bits per heavy atom. The molecule has 0 aromatic heterocycles. The zero-order chi connectivity index (χ0) is 28.6. The van der Waals surface area contributed by atoms with Crippen LogP contribution in [0.25, 0.3) is 0 Å². The van der Waals surface area contributed by atoms with Gasteiger partial charge in [-0.15, -0.1) is 0 Å². The standard InChI is InChI=1S/C20H27FN4O4.C3H6O2.C3H8/c1-4-6-17(20(28)29-5-2)25-18(26)12-24-19(27)16(13(3)22)11-23-15-9-7-14(21)8-10-15;1-2-5-3-4;1-3-2/h7-11,17H,4-6,12,22H2,1-3H3,(H,24,27)(H,25,26);3H,2H2,1H3;3H2,1-2H3/b16-13+,23-11?;;. The molecule has 4 N–H and O–H groups in total. The molecule has 0 aliphatic carbocycles. The largest absolute Gasteiger partial charge is 0.468 e. The van der Waals surface area contributed by atoms with E-state index in [1.165, 1.54) is 43.8 Å². The molecule has 0 aliphatic rings. The van der Waals surface area contributed by atoms with E-state index in [-0.39, 0.29) is 24.4 Å². The number of esters is 1. The number of carbonyl (C=O) groups is 4. The van der Waals surface area contributed by atoms with Crippen molar-refractivity contribution in [3.05, 3.63) is 41.4 Å². The van der Waals surface area contributed by atoms with Gasteiger partial charge in [0.1, 0.15) is 11.9 Å². The Morgan fingerprint density at radius 1 is 1.08 bits per heavy atom. The SMILES string of the molecule is CCC.CCCC(NC(=O)CNC(=O)/C(C=Nc1ccc(F)cc1)=C(\C)N)C(=O)OCC.CCOC=O. The number of carbonyl (C=O) groups excluding carboxylic acids is 4. The Hall–Kier alpha value is -3.76. The van der Waals surface area contributed by atoms with E-state index in [4.69, 9.17) is 10.5 Å². The monoisotopic (exact) mass is 524 g/mol. The molecule has 10 nitrogen and oxygen atoms in total. The molecule has 1 unspecified atom stereocenters. The fourth-order valence-electron chi connectivity index (χ4n) is 2.36. The molecule has 0 heterocycles. The number of halogens is 1. The molecule has 0 bridgehead atoms. The third kappa shape index (κ3) is 18.2. The van der Waals surface area contributed by atoms with Gasteiger partial charge in [-0.2, -0.15) is 0 Å². The topological polar surface area (TPSA) is 149 Å². The second-order valence-corrected chi connectivity index (χ2v) is 7.43. The number of amides is 2. The lowest BCUT2D eigenvalue weighted by atomic mass is 10.1. The first-order valence-corrected chi connectivity index (χ1v) is 12.2. The molecule has 11 heteroatoms. The minimum absolute atomic E-state index is 0.0672. The van der Waals surface area contributed by atoms with E-state index in [0.29, 0.717) is 31.6 Å². The zero-order valence-electron chi connectivity index (χ0n) is 22.6. The molecule has 1 atom stereocenters. The highest BCUT2D eigenvalue weighted by Crippen LogP contribution is 2.12. The highest BCUT2D eigenvalue weighted by atomic mass is 19.1. The Morgan fingerprint density at radius 2 is 1.68 bits per heavy atom. The van der Waals surface area contributed by atoms with Crippen LogP contribution in [-0.2, 0) is 28.7 Å². The average molecular weight is 525 g/mol. The number of benzene rings is 1. The average Bonchev–Trinajstić information content (AvgIpc) is 2.85. The summed E-state index contributed by atoms with van der Waals surface area (Å²) < 4.78 is 22.0. The molecule has 0 spiro atoms. The van der Waals surface area contributed by atoms with Crippen molar-refractivity contribution in [2.24, 2.45) is 10.7 Å². The maximum absolute atomic E-state index is 12.9. The highest BCUT2D eigenvalue weighted by Gasteiger charge is 2.21. The molecule has 0 radical (unpaired) electrons. The Bertz CT molecular complexity index is 868. The van der Waals surface area contributed by atoms with Gasteiger partial charge in [-0.3, -0.25) is 19.4 Å². The van der Waals surface area contributed by atoms with Crippen LogP contribution in [0.1, 0.15) is 60.8 Å². The Kier molecular flexibility index (Phi) is 21.7. The first-order chi connectivity index (χ1) is 17.6.